The number of rotatable bonds is 5. The van der Waals surface area contributed by atoms with E-state index < -0.39 is 12.0 Å². The van der Waals surface area contributed by atoms with Crippen LogP contribution in [-0.4, -0.2) is 53.1 Å². The molecule has 2 aliphatic heterocycles. The van der Waals surface area contributed by atoms with Crippen molar-refractivity contribution in [1.29, 1.82) is 0 Å². The lowest BCUT2D eigenvalue weighted by Gasteiger charge is -2.48. The summed E-state index contributed by atoms with van der Waals surface area (Å²) in [5, 5.41) is 2.34. The summed E-state index contributed by atoms with van der Waals surface area (Å²) < 4.78 is 10.1. The van der Waals surface area contributed by atoms with Crippen molar-refractivity contribution in [1.82, 2.24) is 10.2 Å². The number of carbonyl (C=O) groups is 3. The van der Waals surface area contributed by atoms with Crippen LogP contribution in [0.3, 0.4) is 0 Å². The maximum absolute atomic E-state index is 12.2. The van der Waals surface area contributed by atoms with E-state index in [1.54, 1.807) is 12.1 Å². The lowest BCUT2D eigenvalue weighted by Crippen LogP contribution is -2.69. The van der Waals surface area contributed by atoms with Crippen LogP contribution in [-0.2, 0) is 19.1 Å². The first-order valence-electron chi connectivity index (χ1n) is 7.76. The summed E-state index contributed by atoms with van der Waals surface area (Å²) in [6, 6.07) is 8.36. The third kappa shape index (κ3) is 3.48. The van der Waals surface area contributed by atoms with Crippen molar-refractivity contribution in [3.63, 3.8) is 0 Å². The number of thioether (sulfide) groups is 1. The molecule has 132 valence electrons. The van der Waals surface area contributed by atoms with E-state index in [0.717, 1.165) is 0 Å². The standard InChI is InChI=1S/C17H18N2O5S/c1-10-12(17(22)23-2)8-19-15(21)14(16(19)25-10)18-13(20)9-24-11-6-4-3-5-7-11/h3-8,10,14,16H,9H2,1-2H3,(H,18,20)/t10?,14?,16-/m1/s1. The van der Waals surface area contributed by atoms with E-state index in [-0.39, 0.29) is 29.0 Å². The smallest absolute Gasteiger partial charge is 0.336 e. The van der Waals surface area contributed by atoms with Crippen molar-refractivity contribution < 1.29 is 23.9 Å². The largest absolute Gasteiger partial charge is 0.484 e. The first-order chi connectivity index (χ1) is 12.0. The van der Waals surface area contributed by atoms with Crippen molar-refractivity contribution in [2.75, 3.05) is 13.7 Å². The van der Waals surface area contributed by atoms with Crippen molar-refractivity contribution in [2.45, 2.75) is 23.6 Å². The van der Waals surface area contributed by atoms with Gasteiger partial charge in [-0.05, 0) is 19.1 Å². The first kappa shape index (κ1) is 17.3. The maximum Gasteiger partial charge on any atom is 0.336 e. The van der Waals surface area contributed by atoms with Gasteiger partial charge in [0, 0.05) is 11.4 Å². The summed E-state index contributed by atoms with van der Waals surface area (Å²) in [4.78, 5) is 37.4. The average molecular weight is 362 g/mol. The molecule has 7 nitrogen and oxygen atoms in total. The quantitative estimate of drug-likeness (QED) is 0.619. The number of esters is 1. The van der Waals surface area contributed by atoms with E-state index >= 15 is 0 Å². The fraction of sp³-hybridized carbons (Fsp3) is 0.353. The number of methoxy groups -OCH3 is 1. The van der Waals surface area contributed by atoms with Gasteiger partial charge in [-0.3, -0.25) is 9.59 Å². The fourth-order valence-corrected chi connectivity index (χ4v) is 4.01. The molecule has 2 unspecified atom stereocenters. The number of hydrogen-bond acceptors (Lipinski definition) is 6. The van der Waals surface area contributed by atoms with Gasteiger partial charge < -0.3 is 19.7 Å². The fourth-order valence-electron chi connectivity index (χ4n) is 2.66. The molecule has 3 rings (SSSR count). The molecule has 1 aromatic carbocycles. The van der Waals surface area contributed by atoms with E-state index in [0.29, 0.717) is 11.3 Å². The minimum atomic E-state index is -0.616. The molecule has 1 saturated heterocycles. The monoisotopic (exact) mass is 362 g/mol. The van der Waals surface area contributed by atoms with Crippen LogP contribution in [0.5, 0.6) is 5.75 Å². The molecule has 1 N–H and O–H groups in total. The number of hydrogen-bond donors (Lipinski definition) is 1. The Kier molecular flexibility index (Phi) is 4.98. The molecular formula is C17H18N2O5S. The van der Waals surface area contributed by atoms with Crippen LogP contribution in [0.4, 0.5) is 0 Å². The van der Waals surface area contributed by atoms with Gasteiger partial charge in [0.2, 0.25) is 0 Å². The molecule has 0 aromatic heterocycles. The Morgan fingerprint density at radius 2 is 2.00 bits per heavy atom. The molecule has 3 atom stereocenters. The molecule has 2 amide bonds. The molecule has 1 fully saturated rings. The Hall–Kier alpha value is -2.48. The Bertz CT molecular complexity index is 721. The number of benzene rings is 1. The molecule has 0 radical (unpaired) electrons. The summed E-state index contributed by atoms with van der Waals surface area (Å²) >= 11 is 1.44. The molecule has 25 heavy (non-hydrogen) atoms. The number of nitrogens with one attached hydrogen (secondary N) is 1. The van der Waals surface area contributed by atoms with Crippen LogP contribution < -0.4 is 10.1 Å². The van der Waals surface area contributed by atoms with Gasteiger partial charge in [-0.1, -0.05) is 18.2 Å². The van der Waals surface area contributed by atoms with Gasteiger partial charge >= 0.3 is 5.97 Å². The van der Waals surface area contributed by atoms with Crippen LogP contribution >= 0.6 is 11.8 Å². The Labute approximate surface area is 149 Å². The summed E-state index contributed by atoms with van der Waals surface area (Å²) in [6.07, 6.45) is 1.52. The number of carbonyl (C=O) groups excluding carboxylic acids is 3. The molecule has 2 aliphatic rings. The highest BCUT2D eigenvalue weighted by molar-refractivity contribution is 8.00. The zero-order valence-corrected chi connectivity index (χ0v) is 14.6. The third-order valence-corrected chi connectivity index (χ3v) is 5.43. The number of nitrogens with zero attached hydrogens (tertiary/aromatic N) is 1. The highest BCUT2D eigenvalue weighted by Gasteiger charge is 2.51. The van der Waals surface area contributed by atoms with E-state index in [4.69, 9.17) is 9.47 Å². The molecule has 0 saturated carbocycles. The lowest BCUT2D eigenvalue weighted by atomic mass is 10.1. The van der Waals surface area contributed by atoms with Crippen LogP contribution in [0.25, 0.3) is 0 Å². The van der Waals surface area contributed by atoms with Gasteiger partial charge in [-0.15, -0.1) is 11.8 Å². The minimum Gasteiger partial charge on any atom is -0.484 e. The van der Waals surface area contributed by atoms with Gasteiger partial charge in [0.15, 0.2) is 6.61 Å². The second-order valence-electron chi connectivity index (χ2n) is 5.64. The van der Waals surface area contributed by atoms with Crippen molar-refractivity contribution in [3.8, 4) is 5.75 Å². The van der Waals surface area contributed by atoms with Crippen molar-refractivity contribution in [3.05, 3.63) is 42.1 Å². The zero-order valence-electron chi connectivity index (χ0n) is 13.8. The predicted octanol–water partition coefficient (Wildman–Crippen LogP) is 0.911. The van der Waals surface area contributed by atoms with Gasteiger partial charge in [-0.25, -0.2) is 4.79 Å². The van der Waals surface area contributed by atoms with Gasteiger partial charge in [-0.2, -0.15) is 0 Å². The van der Waals surface area contributed by atoms with E-state index in [9.17, 15) is 14.4 Å². The number of β-lactam (4-membered cyclic amide) rings is 1. The maximum atomic E-state index is 12.2. The summed E-state index contributed by atoms with van der Waals surface area (Å²) in [6.45, 7) is 1.70. The van der Waals surface area contributed by atoms with E-state index in [1.807, 2.05) is 25.1 Å². The van der Waals surface area contributed by atoms with Crippen LogP contribution in [0.1, 0.15) is 6.92 Å². The predicted molar refractivity (Wildman–Crippen MR) is 91.7 cm³/mol. The number of para-hydroxylation sites is 1. The first-order valence-corrected chi connectivity index (χ1v) is 8.70. The van der Waals surface area contributed by atoms with Crippen LogP contribution in [0.15, 0.2) is 42.1 Å². The van der Waals surface area contributed by atoms with Gasteiger partial charge in [0.25, 0.3) is 11.8 Å². The zero-order chi connectivity index (χ0) is 18.0. The lowest BCUT2D eigenvalue weighted by molar-refractivity contribution is -0.145. The molecule has 0 bridgehead atoms. The van der Waals surface area contributed by atoms with Crippen LogP contribution in [0, 0.1) is 0 Å². The summed E-state index contributed by atoms with van der Waals surface area (Å²) in [5.41, 5.74) is 0.439. The van der Waals surface area contributed by atoms with Gasteiger partial charge in [0.1, 0.15) is 17.2 Å². The highest BCUT2D eigenvalue weighted by atomic mass is 32.2. The molecule has 2 heterocycles. The second kappa shape index (κ2) is 7.18. The molecule has 0 spiro atoms. The SMILES string of the molecule is COC(=O)C1=CN2C(=O)C(NC(=O)COc3ccccc3)[C@H]2SC1C. The molecule has 1 aromatic rings. The van der Waals surface area contributed by atoms with Crippen molar-refractivity contribution in [2.24, 2.45) is 0 Å². The van der Waals surface area contributed by atoms with Crippen molar-refractivity contribution >= 4 is 29.5 Å². The Morgan fingerprint density at radius 1 is 1.28 bits per heavy atom. The minimum absolute atomic E-state index is 0.123. The van der Waals surface area contributed by atoms with E-state index in [2.05, 4.69) is 5.32 Å². The third-order valence-electron chi connectivity index (χ3n) is 3.99. The molecule has 0 aliphatic carbocycles. The van der Waals surface area contributed by atoms with Crippen LogP contribution in [0.2, 0.25) is 0 Å². The summed E-state index contributed by atoms with van der Waals surface area (Å²) in [7, 11) is 1.31. The second-order valence-corrected chi connectivity index (χ2v) is 7.10. The molecule has 8 heteroatoms. The highest BCUT2D eigenvalue weighted by Crippen LogP contribution is 2.40. The summed E-state index contributed by atoms with van der Waals surface area (Å²) in [5.74, 6) is -0.475. The Morgan fingerprint density at radius 3 is 2.68 bits per heavy atom. The Balaban J connectivity index is 1.57. The number of fused-ring (bicyclic) bond motifs is 1. The normalized spacial score (nSPS) is 24.6. The molecular weight excluding hydrogens is 344 g/mol. The number of ether oxygens (including phenoxy) is 2. The topological polar surface area (TPSA) is 84.9 Å². The van der Waals surface area contributed by atoms with E-state index in [1.165, 1.54) is 30.0 Å². The van der Waals surface area contributed by atoms with Gasteiger partial charge in [0.05, 0.1) is 12.7 Å². The number of amides is 2. The average Bonchev–Trinajstić information content (AvgIpc) is 2.64.